The number of fused-ring (bicyclic) bond motifs is 1. The highest BCUT2D eigenvalue weighted by Gasteiger charge is 2.74. The summed E-state index contributed by atoms with van der Waals surface area (Å²) >= 11 is 1.67. The molecule has 1 N–H and O–H groups in total. The predicted octanol–water partition coefficient (Wildman–Crippen LogP) is 4.28. The number of carbonyl (C=O) groups is 3. The molecule has 3 amide bonds. The van der Waals surface area contributed by atoms with Gasteiger partial charge in [0.15, 0.2) is 0 Å². The van der Waals surface area contributed by atoms with Crippen LogP contribution in [0.3, 0.4) is 0 Å². The number of likely N-dealkylation sites (tertiary alicyclic amines) is 1. The Bertz CT molecular complexity index is 1130. The molecule has 0 aliphatic carbocycles. The van der Waals surface area contributed by atoms with Crippen molar-refractivity contribution in [2.75, 3.05) is 37.7 Å². The Morgan fingerprint density at radius 2 is 1.90 bits per heavy atom. The first-order chi connectivity index (χ1) is 19.8. The Labute approximate surface area is 248 Å². The molecule has 3 fully saturated rings. The molecule has 0 aromatic heterocycles. The van der Waals surface area contributed by atoms with Crippen LogP contribution in [0, 0.1) is 11.8 Å². The molecular formula is C32H45N3O5S. The fourth-order valence-electron chi connectivity index (χ4n) is 7.07. The van der Waals surface area contributed by atoms with Gasteiger partial charge in [0.05, 0.1) is 23.2 Å². The lowest BCUT2D eigenvalue weighted by Gasteiger charge is -2.39. The van der Waals surface area contributed by atoms with Gasteiger partial charge < -0.3 is 24.5 Å². The number of amides is 3. The summed E-state index contributed by atoms with van der Waals surface area (Å²) < 4.78 is 4.91. The van der Waals surface area contributed by atoms with Gasteiger partial charge in [0.25, 0.3) is 0 Å². The maximum Gasteiger partial charge on any atom is 0.247 e. The second kappa shape index (κ2) is 13.5. The molecule has 3 aliphatic heterocycles. The highest BCUT2D eigenvalue weighted by atomic mass is 32.2. The van der Waals surface area contributed by atoms with Crippen LogP contribution in [-0.4, -0.2) is 87.6 Å². The second-order valence-electron chi connectivity index (χ2n) is 11.2. The summed E-state index contributed by atoms with van der Waals surface area (Å²) in [5.74, 6) is -0.724. The van der Waals surface area contributed by atoms with Crippen molar-refractivity contribution in [2.45, 2.75) is 75.0 Å². The number of carbonyl (C=O) groups excluding carboxylic acids is 3. The first kappa shape index (κ1) is 31.2. The van der Waals surface area contributed by atoms with Gasteiger partial charge in [-0.1, -0.05) is 25.5 Å². The lowest BCUT2D eigenvalue weighted by atomic mass is 9.70. The standard InChI is InChI=1S/C32H45N3O5S/c1-6-11-22(5)33(18-7-2)31(39)28-32-17-16-25(41-32)26(27(32)30(38)35(28)20-10-21-36)29(37)34(19-8-3)23-12-14-24(15-13-23)40-9-4/h7-8,12-15,22,25-28,36H,2-3,6,9-11,16-21H2,1,4-5H3/t22?,25-,26+,27-,28?,32?/m0/s1. The molecule has 3 unspecified atom stereocenters. The third-order valence-corrected chi connectivity index (χ3v) is 10.7. The topological polar surface area (TPSA) is 90.4 Å². The highest BCUT2D eigenvalue weighted by Crippen LogP contribution is 2.66. The minimum Gasteiger partial charge on any atom is -0.494 e. The van der Waals surface area contributed by atoms with Crippen molar-refractivity contribution in [1.29, 1.82) is 0 Å². The van der Waals surface area contributed by atoms with Gasteiger partial charge in [0, 0.05) is 43.2 Å². The molecule has 0 radical (unpaired) electrons. The van der Waals surface area contributed by atoms with Gasteiger partial charge in [-0.15, -0.1) is 24.9 Å². The Morgan fingerprint density at radius 1 is 1.20 bits per heavy atom. The predicted molar refractivity (Wildman–Crippen MR) is 164 cm³/mol. The number of hydrogen-bond donors (Lipinski definition) is 1. The van der Waals surface area contributed by atoms with Gasteiger partial charge >= 0.3 is 0 Å². The van der Waals surface area contributed by atoms with Crippen molar-refractivity contribution in [3.05, 3.63) is 49.6 Å². The SMILES string of the molecule is C=CCN(C(=O)[C@@H]1[C@@H]2CCC3(S2)C(C(=O)N(CC=C)C(C)CCC)N(CCCO)C(=O)[C@H]13)c1ccc(OCC)cc1. The average Bonchev–Trinajstić information content (AvgIpc) is 3.61. The fraction of sp³-hybridized carbons (Fsp3) is 0.594. The molecule has 9 heteroatoms. The van der Waals surface area contributed by atoms with Gasteiger partial charge in [-0.3, -0.25) is 14.4 Å². The number of hydrogen-bond acceptors (Lipinski definition) is 6. The van der Waals surface area contributed by atoms with Crippen LogP contribution < -0.4 is 9.64 Å². The minimum atomic E-state index is -0.670. The van der Waals surface area contributed by atoms with E-state index in [2.05, 4.69) is 20.1 Å². The van der Waals surface area contributed by atoms with Crippen molar-refractivity contribution in [2.24, 2.45) is 11.8 Å². The van der Waals surface area contributed by atoms with E-state index in [1.165, 1.54) is 0 Å². The third-order valence-electron chi connectivity index (χ3n) is 8.76. The van der Waals surface area contributed by atoms with Crippen LogP contribution in [0.2, 0.25) is 0 Å². The lowest BCUT2D eigenvalue weighted by Crippen LogP contribution is -2.56. The Balaban J connectivity index is 1.71. The van der Waals surface area contributed by atoms with Crippen LogP contribution in [0.4, 0.5) is 5.69 Å². The molecule has 1 aromatic carbocycles. The van der Waals surface area contributed by atoms with Crippen LogP contribution >= 0.6 is 11.8 Å². The summed E-state index contributed by atoms with van der Waals surface area (Å²) in [5, 5.41) is 9.60. The van der Waals surface area contributed by atoms with Gasteiger partial charge in [-0.25, -0.2) is 0 Å². The number of anilines is 1. The number of benzene rings is 1. The summed E-state index contributed by atoms with van der Waals surface area (Å²) in [6.45, 7) is 15.3. The monoisotopic (exact) mass is 583 g/mol. The van der Waals surface area contributed by atoms with Crippen molar-refractivity contribution >= 4 is 35.2 Å². The van der Waals surface area contributed by atoms with E-state index < -0.39 is 22.6 Å². The summed E-state index contributed by atoms with van der Waals surface area (Å²) in [7, 11) is 0. The van der Waals surface area contributed by atoms with Crippen LogP contribution in [-0.2, 0) is 14.4 Å². The number of aliphatic hydroxyl groups excluding tert-OH is 1. The minimum absolute atomic E-state index is 0.000446. The van der Waals surface area contributed by atoms with Crippen molar-refractivity contribution < 1.29 is 24.2 Å². The maximum absolute atomic E-state index is 14.4. The van der Waals surface area contributed by atoms with E-state index in [0.717, 1.165) is 30.7 Å². The zero-order chi connectivity index (χ0) is 29.7. The molecule has 4 rings (SSSR count). The molecule has 3 heterocycles. The Kier molecular flexibility index (Phi) is 10.2. The molecule has 3 saturated heterocycles. The number of thioether (sulfide) groups is 1. The Hall–Kier alpha value is -2.78. The molecular weight excluding hydrogens is 538 g/mol. The molecule has 224 valence electrons. The van der Waals surface area contributed by atoms with E-state index in [0.29, 0.717) is 32.5 Å². The number of nitrogens with zero attached hydrogens (tertiary/aromatic N) is 3. The first-order valence-electron chi connectivity index (χ1n) is 14.9. The molecule has 0 saturated carbocycles. The summed E-state index contributed by atoms with van der Waals surface area (Å²) in [5.41, 5.74) is 0.723. The molecule has 2 bridgehead atoms. The first-order valence-corrected chi connectivity index (χ1v) is 15.8. The van der Waals surface area contributed by atoms with E-state index in [-0.39, 0.29) is 42.2 Å². The largest absolute Gasteiger partial charge is 0.494 e. The number of ether oxygens (including phenoxy) is 1. The van der Waals surface area contributed by atoms with Gasteiger partial charge in [0.1, 0.15) is 11.8 Å². The van der Waals surface area contributed by atoms with Crippen LogP contribution in [0.5, 0.6) is 5.75 Å². The summed E-state index contributed by atoms with van der Waals surface area (Å²) in [6, 6.07) is 6.74. The molecule has 41 heavy (non-hydrogen) atoms. The van der Waals surface area contributed by atoms with Gasteiger partial charge in [-0.05, 0) is 63.8 Å². The normalized spacial score (nSPS) is 26.9. The molecule has 1 aromatic rings. The average molecular weight is 584 g/mol. The quantitative estimate of drug-likeness (QED) is 0.310. The van der Waals surface area contributed by atoms with Crippen molar-refractivity contribution in [3.8, 4) is 5.75 Å². The van der Waals surface area contributed by atoms with E-state index >= 15 is 0 Å². The molecule has 3 aliphatic rings. The summed E-state index contributed by atoms with van der Waals surface area (Å²) in [6.07, 6.45) is 7.09. The number of rotatable bonds is 15. The van der Waals surface area contributed by atoms with Crippen molar-refractivity contribution in [1.82, 2.24) is 9.80 Å². The van der Waals surface area contributed by atoms with E-state index in [1.807, 2.05) is 43.0 Å². The van der Waals surface area contributed by atoms with Crippen molar-refractivity contribution in [3.63, 3.8) is 0 Å². The van der Waals surface area contributed by atoms with Crippen LogP contribution in [0.15, 0.2) is 49.6 Å². The molecule has 1 spiro atoms. The Morgan fingerprint density at radius 3 is 2.51 bits per heavy atom. The maximum atomic E-state index is 14.4. The zero-order valence-electron chi connectivity index (χ0n) is 24.7. The van der Waals surface area contributed by atoms with E-state index in [1.54, 1.807) is 33.7 Å². The van der Waals surface area contributed by atoms with E-state index in [9.17, 15) is 19.5 Å². The van der Waals surface area contributed by atoms with E-state index in [4.69, 9.17) is 4.74 Å². The van der Waals surface area contributed by atoms with Gasteiger partial charge in [0.2, 0.25) is 17.7 Å². The van der Waals surface area contributed by atoms with Gasteiger partial charge in [-0.2, -0.15) is 0 Å². The fourth-order valence-corrected chi connectivity index (χ4v) is 9.28. The third kappa shape index (κ3) is 5.67. The lowest BCUT2D eigenvalue weighted by molar-refractivity contribution is -0.144. The summed E-state index contributed by atoms with van der Waals surface area (Å²) in [4.78, 5) is 48.3. The van der Waals surface area contributed by atoms with Crippen LogP contribution in [0.1, 0.15) is 52.9 Å². The molecule has 8 nitrogen and oxygen atoms in total. The smallest absolute Gasteiger partial charge is 0.247 e. The second-order valence-corrected chi connectivity index (χ2v) is 12.8. The highest BCUT2D eigenvalue weighted by molar-refractivity contribution is 8.02. The molecule has 6 atom stereocenters. The number of aliphatic hydroxyl groups is 1. The van der Waals surface area contributed by atoms with Crippen LogP contribution in [0.25, 0.3) is 0 Å². The zero-order valence-corrected chi connectivity index (χ0v) is 25.5.